The molecule has 5 nitrogen and oxygen atoms in total. The highest BCUT2D eigenvalue weighted by molar-refractivity contribution is 5.75. The summed E-state index contributed by atoms with van der Waals surface area (Å²) in [5, 5.41) is 2.88. The first kappa shape index (κ1) is 20.4. The van der Waals surface area contributed by atoms with Crippen LogP contribution in [0.15, 0.2) is 24.3 Å². The minimum Gasteiger partial charge on any atom is -0.487 e. The molecule has 1 saturated heterocycles. The van der Waals surface area contributed by atoms with Crippen molar-refractivity contribution in [1.82, 2.24) is 15.1 Å². The molecule has 0 unspecified atom stereocenters. The van der Waals surface area contributed by atoms with Gasteiger partial charge in [0.2, 0.25) is 0 Å². The van der Waals surface area contributed by atoms with Crippen molar-refractivity contribution < 1.29 is 22.7 Å². The molecule has 1 aliphatic rings. The zero-order valence-corrected chi connectivity index (χ0v) is 15.2. The van der Waals surface area contributed by atoms with Gasteiger partial charge in [-0.25, -0.2) is 4.79 Å². The number of rotatable bonds is 8. The minimum atomic E-state index is -4.35. The SMILES string of the molecule is CCN(CC)CCCNC(=O)N1CC(Oc2ccc(C(F)(F)F)cc2)C1. The summed E-state index contributed by atoms with van der Waals surface area (Å²) in [7, 11) is 0. The second kappa shape index (κ2) is 9.12. The first-order valence-electron chi connectivity index (χ1n) is 8.92. The molecule has 26 heavy (non-hydrogen) atoms. The average Bonchev–Trinajstić information content (AvgIpc) is 2.57. The highest BCUT2D eigenvalue weighted by Crippen LogP contribution is 2.30. The molecule has 1 aliphatic heterocycles. The van der Waals surface area contributed by atoms with E-state index in [4.69, 9.17) is 4.74 Å². The number of benzene rings is 1. The second-order valence-corrected chi connectivity index (χ2v) is 6.28. The van der Waals surface area contributed by atoms with Crippen LogP contribution in [0.25, 0.3) is 0 Å². The van der Waals surface area contributed by atoms with Crippen molar-refractivity contribution in [3.63, 3.8) is 0 Å². The average molecular weight is 373 g/mol. The van der Waals surface area contributed by atoms with Gasteiger partial charge in [-0.15, -0.1) is 0 Å². The van der Waals surface area contributed by atoms with Gasteiger partial charge in [0.15, 0.2) is 0 Å². The van der Waals surface area contributed by atoms with E-state index in [1.165, 1.54) is 12.1 Å². The van der Waals surface area contributed by atoms with E-state index in [-0.39, 0.29) is 12.1 Å². The molecule has 1 N–H and O–H groups in total. The van der Waals surface area contributed by atoms with Gasteiger partial charge >= 0.3 is 12.2 Å². The molecule has 0 saturated carbocycles. The van der Waals surface area contributed by atoms with E-state index < -0.39 is 11.7 Å². The van der Waals surface area contributed by atoms with Crippen molar-refractivity contribution in [1.29, 1.82) is 0 Å². The quantitative estimate of drug-likeness (QED) is 0.712. The van der Waals surface area contributed by atoms with E-state index in [0.29, 0.717) is 25.4 Å². The Labute approximate surface area is 152 Å². The van der Waals surface area contributed by atoms with Crippen molar-refractivity contribution in [3.8, 4) is 5.75 Å². The zero-order valence-electron chi connectivity index (χ0n) is 15.2. The fourth-order valence-electron chi connectivity index (χ4n) is 2.74. The Morgan fingerprint density at radius 1 is 1.23 bits per heavy atom. The largest absolute Gasteiger partial charge is 0.487 e. The molecule has 0 aromatic heterocycles. The fourth-order valence-corrected chi connectivity index (χ4v) is 2.74. The summed E-state index contributed by atoms with van der Waals surface area (Å²) in [6.07, 6.45) is -3.64. The number of amides is 2. The van der Waals surface area contributed by atoms with Crippen LogP contribution in [0.4, 0.5) is 18.0 Å². The number of halogens is 3. The van der Waals surface area contributed by atoms with Gasteiger partial charge in [-0.3, -0.25) is 0 Å². The number of urea groups is 1. The highest BCUT2D eigenvalue weighted by atomic mass is 19.4. The third kappa shape index (κ3) is 5.79. The van der Waals surface area contributed by atoms with Crippen molar-refractivity contribution >= 4 is 6.03 Å². The second-order valence-electron chi connectivity index (χ2n) is 6.28. The third-order valence-corrected chi connectivity index (χ3v) is 4.44. The summed E-state index contributed by atoms with van der Waals surface area (Å²) in [4.78, 5) is 15.9. The predicted octanol–water partition coefficient (Wildman–Crippen LogP) is 3.21. The molecule has 1 fully saturated rings. The number of likely N-dealkylation sites (tertiary alicyclic amines) is 1. The number of carbonyl (C=O) groups excluding carboxylic acids is 1. The summed E-state index contributed by atoms with van der Waals surface area (Å²) in [5.41, 5.74) is -0.704. The maximum absolute atomic E-state index is 12.5. The predicted molar refractivity (Wildman–Crippen MR) is 93.2 cm³/mol. The summed E-state index contributed by atoms with van der Waals surface area (Å²) in [6.45, 7) is 8.66. The van der Waals surface area contributed by atoms with Crippen LogP contribution in [0, 0.1) is 0 Å². The number of carbonyl (C=O) groups is 1. The Morgan fingerprint density at radius 3 is 2.38 bits per heavy atom. The normalized spacial score (nSPS) is 15.1. The Morgan fingerprint density at radius 2 is 1.85 bits per heavy atom. The Hall–Kier alpha value is -1.96. The highest BCUT2D eigenvalue weighted by Gasteiger charge is 2.33. The van der Waals surface area contributed by atoms with Crippen LogP contribution in [-0.2, 0) is 6.18 Å². The summed E-state index contributed by atoms with van der Waals surface area (Å²) in [6, 6.07) is 4.47. The molecule has 1 aromatic rings. The molecular formula is C18H26F3N3O2. The number of hydrogen-bond acceptors (Lipinski definition) is 3. The van der Waals surface area contributed by atoms with Gasteiger partial charge in [0, 0.05) is 6.54 Å². The molecule has 0 bridgehead atoms. The smallest absolute Gasteiger partial charge is 0.416 e. The van der Waals surface area contributed by atoms with Gasteiger partial charge in [-0.2, -0.15) is 13.2 Å². The first-order chi connectivity index (χ1) is 12.3. The third-order valence-electron chi connectivity index (χ3n) is 4.44. The van der Waals surface area contributed by atoms with Gasteiger partial charge < -0.3 is 19.9 Å². The monoisotopic (exact) mass is 373 g/mol. The fraction of sp³-hybridized carbons (Fsp3) is 0.611. The maximum Gasteiger partial charge on any atom is 0.416 e. The number of alkyl halides is 3. The number of nitrogens with zero attached hydrogens (tertiary/aromatic N) is 2. The van der Waals surface area contributed by atoms with E-state index in [1.807, 2.05) is 0 Å². The van der Waals surface area contributed by atoms with E-state index in [2.05, 4.69) is 24.1 Å². The van der Waals surface area contributed by atoms with Gasteiger partial charge in [-0.1, -0.05) is 13.8 Å². The molecule has 0 radical (unpaired) electrons. The lowest BCUT2D eigenvalue weighted by Gasteiger charge is -2.38. The molecule has 1 aromatic carbocycles. The molecule has 0 aliphatic carbocycles. The van der Waals surface area contributed by atoms with Crippen LogP contribution < -0.4 is 10.1 Å². The van der Waals surface area contributed by atoms with Crippen molar-refractivity contribution in [2.24, 2.45) is 0 Å². The Bertz CT molecular complexity index is 568. The topological polar surface area (TPSA) is 44.8 Å². The number of hydrogen-bond donors (Lipinski definition) is 1. The molecule has 146 valence electrons. The molecule has 2 rings (SSSR count). The first-order valence-corrected chi connectivity index (χ1v) is 8.92. The van der Waals surface area contributed by atoms with E-state index in [0.717, 1.165) is 38.2 Å². The molecular weight excluding hydrogens is 347 g/mol. The van der Waals surface area contributed by atoms with E-state index in [1.54, 1.807) is 4.90 Å². The van der Waals surface area contributed by atoms with Crippen molar-refractivity contribution in [2.45, 2.75) is 32.5 Å². The molecule has 0 atom stereocenters. The standard InChI is InChI=1S/C18H26F3N3O2/c1-3-23(4-2)11-5-10-22-17(25)24-12-16(13-24)26-15-8-6-14(7-9-15)18(19,20)21/h6-9,16H,3-5,10-13H2,1-2H3,(H,22,25). The maximum atomic E-state index is 12.5. The lowest BCUT2D eigenvalue weighted by Crippen LogP contribution is -2.59. The van der Waals surface area contributed by atoms with Crippen LogP contribution in [0.2, 0.25) is 0 Å². The van der Waals surface area contributed by atoms with E-state index >= 15 is 0 Å². The molecule has 1 heterocycles. The Kier molecular flexibility index (Phi) is 7.14. The molecule has 0 spiro atoms. The summed E-state index contributed by atoms with van der Waals surface area (Å²) >= 11 is 0. The lowest BCUT2D eigenvalue weighted by molar-refractivity contribution is -0.137. The van der Waals surface area contributed by atoms with Crippen LogP contribution in [0.1, 0.15) is 25.8 Å². The van der Waals surface area contributed by atoms with Gasteiger partial charge in [0.05, 0.1) is 18.7 Å². The number of nitrogens with one attached hydrogen (secondary N) is 1. The van der Waals surface area contributed by atoms with Crippen LogP contribution in [0.3, 0.4) is 0 Å². The van der Waals surface area contributed by atoms with Gasteiger partial charge in [0.25, 0.3) is 0 Å². The minimum absolute atomic E-state index is 0.128. The molecule has 8 heteroatoms. The summed E-state index contributed by atoms with van der Waals surface area (Å²) in [5.74, 6) is 0.377. The number of ether oxygens (including phenoxy) is 1. The van der Waals surface area contributed by atoms with Crippen LogP contribution >= 0.6 is 0 Å². The van der Waals surface area contributed by atoms with Crippen molar-refractivity contribution in [2.75, 3.05) is 39.3 Å². The van der Waals surface area contributed by atoms with E-state index in [9.17, 15) is 18.0 Å². The molecule has 2 amide bonds. The Balaban J connectivity index is 1.64. The van der Waals surface area contributed by atoms with Gasteiger partial charge in [0.1, 0.15) is 11.9 Å². The zero-order chi connectivity index (χ0) is 19.2. The van der Waals surface area contributed by atoms with Crippen LogP contribution in [-0.4, -0.2) is 61.2 Å². The van der Waals surface area contributed by atoms with Crippen molar-refractivity contribution in [3.05, 3.63) is 29.8 Å². The lowest BCUT2D eigenvalue weighted by atomic mass is 10.1. The van der Waals surface area contributed by atoms with Crippen LogP contribution in [0.5, 0.6) is 5.75 Å². The van der Waals surface area contributed by atoms with Gasteiger partial charge in [-0.05, 0) is 50.3 Å². The summed E-state index contributed by atoms with van der Waals surface area (Å²) < 4.78 is 43.1.